The third-order valence-electron chi connectivity index (χ3n) is 5.33. The van der Waals surface area contributed by atoms with Crippen molar-refractivity contribution in [2.24, 2.45) is 11.8 Å². The summed E-state index contributed by atoms with van der Waals surface area (Å²) in [5, 5.41) is 9.37. The zero-order chi connectivity index (χ0) is 18.7. The van der Waals surface area contributed by atoms with Gasteiger partial charge in [0, 0.05) is 26.2 Å². The fourth-order valence-corrected chi connectivity index (χ4v) is 5.29. The van der Waals surface area contributed by atoms with Crippen LogP contribution in [0.25, 0.3) is 0 Å². The molecule has 7 nitrogen and oxygen atoms in total. The van der Waals surface area contributed by atoms with Crippen LogP contribution in [-0.4, -0.2) is 60.8 Å². The zero-order valence-corrected chi connectivity index (χ0v) is 15.4. The second-order valence-electron chi connectivity index (χ2n) is 6.88. The number of aliphatic carboxylic acids is 1. The molecule has 1 N–H and O–H groups in total. The molecule has 1 aliphatic heterocycles. The van der Waals surface area contributed by atoms with Gasteiger partial charge in [-0.05, 0) is 25.0 Å². The molecule has 1 aromatic rings. The van der Waals surface area contributed by atoms with Crippen LogP contribution in [-0.2, 0) is 19.6 Å². The molecular weight excluding hydrogens is 356 g/mol. The van der Waals surface area contributed by atoms with Crippen molar-refractivity contribution in [2.45, 2.75) is 30.6 Å². The Morgan fingerprint density at radius 1 is 0.923 bits per heavy atom. The Kier molecular flexibility index (Phi) is 5.62. The first-order chi connectivity index (χ1) is 12.4. The van der Waals surface area contributed by atoms with Crippen LogP contribution in [0.1, 0.15) is 25.7 Å². The zero-order valence-electron chi connectivity index (χ0n) is 14.6. The first-order valence-electron chi connectivity index (χ1n) is 8.98. The van der Waals surface area contributed by atoms with Gasteiger partial charge in [0.25, 0.3) is 0 Å². The van der Waals surface area contributed by atoms with Crippen molar-refractivity contribution in [1.82, 2.24) is 9.21 Å². The van der Waals surface area contributed by atoms with Crippen molar-refractivity contribution in [1.29, 1.82) is 0 Å². The molecule has 2 fully saturated rings. The molecule has 8 heteroatoms. The van der Waals surface area contributed by atoms with Gasteiger partial charge in [-0.3, -0.25) is 9.59 Å². The van der Waals surface area contributed by atoms with Crippen LogP contribution >= 0.6 is 0 Å². The molecule has 1 saturated heterocycles. The summed E-state index contributed by atoms with van der Waals surface area (Å²) in [6.45, 7) is 1.06. The average molecular weight is 380 g/mol. The monoisotopic (exact) mass is 380 g/mol. The van der Waals surface area contributed by atoms with Crippen molar-refractivity contribution in [3.05, 3.63) is 30.3 Å². The maximum absolute atomic E-state index is 12.8. The third-order valence-corrected chi connectivity index (χ3v) is 7.24. The number of amides is 1. The van der Waals surface area contributed by atoms with Crippen molar-refractivity contribution in [2.75, 3.05) is 26.2 Å². The number of carbonyl (C=O) groups excluding carboxylic acids is 1. The number of hydrogen-bond acceptors (Lipinski definition) is 4. The molecule has 2 aliphatic rings. The summed E-state index contributed by atoms with van der Waals surface area (Å²) in [5.41, 5.74) is 0. The summed E-state index contributed by atoms with van der Waals surface area (Å²) in [6, 6.07) is 8.25. The molecule has 0 aromatic heterocycles. The highest BCUT2D eigenvalue weighted by Gasteiger charge is 2.39. The molecule has 0 bridgehead atoms. The minimum Gasteiger partial charge on any atom is -0.481 e. The van der Waals surface area contributed by atoms with Crippen molar-refractivity contribution in [3.63, 3.8) is 0 Å². The van der Waals surface area contributed by atoms with Crippen molar-refractivity contribution < 1.29 is 23.1 Å². The fourth-order valence-electron chi connectivity index (χ4n) is 3.85. The standard InChI is InChI=1S/C18H24N2O5S/c21-17(15-8-4-5-9-16(15)18(22)23)19-10-12-20(13-11-19)26(24,25)14-6-2-1-3-7-14/h1-3,6-7,15-16H,4-5,8-13H2,(H,22,23)/t15-,16+/m1/s1. The summed E-state index contributed by atoms with van der Waals surface area (Å²) < 4.78 is 26.7. The van der Waals surface area contributed by atoms with Gasteiger partial charge in [0.2, 0.25) is 15.9 Å². The lowest BCUT2D eigenvalue weighted by Gasteiger charge is -2.37. The highest BCUT2D eigenvalue weighted by Crippen LogP contribution is 2.32. The number of sulfonamides is 1. The van der Waals surface area contributed by atoms with E-state index in [9.17, 15) is 23.1 Å². The van der Waals surface area contributed by atoms with E-state index in [1.807, 2.05) is 0 Å². The van der Waals surface area contributed by atoms with Gasteiger partial charge in [-0.15, -0.1) is 0 Å². The van der Waals surface area contributed by atoms with Crippen LogP contribution in [0.5, 0.6) is 0 Å². The lowest BCUT2D eigenvalue weighted by molar-refractivity contribution is -0.152. The predicted molar refractivity (Wildman–Crippen MR) is 94.9 cm³/mol. The molecule has 0 unspecified atom stereocenters. The SMILES string of the molecule is O=C(O)[C@H]1CCCC[C@H]1C(=O)N1CCN(S(=O)(=O)c2ccccc2)CC1. The number of carboxylic acids is 1. The highest BCUT2D eigenvalue weighted by molar-refractivity contribution is 7.89. The highest BCUT2D eigenvalue weighted by atomic mass is 32.2. The van der Waals surface area contributed by atoms with Gasteiger partial charge in [-0.25, -0.2) is 8.42 Å². The Morgan fingerprint density at radius 3 is 2.08 bits per heavy atom. The molecule has 1 aromatic carbocycles. The first-order valence-corrected chi connectivity index (χ1v) is 10.4. The number of piperazine rings is 1. The molecule has 1 amide bonds. The number of nitrogens with zero attached hydrogens (tertiary/aromatic N) is 2. The molecule has 142 valence electrons. The van der Waals surface area contributed by atoms with E-state index in [2.05, 4.69) is 0 Å². The predicted octanol–water partition coefficient (Wildman–Crippen LogP) is 1.41. The lowest BCUT2D eigenvalue weighted by Crippen LogP contribution is -2.53. The molecule has 26 heavy (non-hydrogen) atoms. The van der Waals surface area contributed by atoms with Crippen molar-refractivity contribution in [3.8, 4) is 0 Å². The minimum absolute atomic E-state index is 0.145. The van der Waals surface area contributed by atoms with E-state index >= 15 is 0 Å². The molecule has 1 saturated carbocycles. The van der Waals surface area contributed by atoms with Gasteiger partial charge in [0.1, 0.15) is 0 Å². The summed E-state index contributed by atoms with van der Waals surface area (Å²) >= 11 is 0. The lowest BCUT2D eigenvalue weighted by atomic mass is 9.78. The van der Waals surface area contributed by atoms with Crippen LogP contribution in [0, 0.1) is 11.8 Å². The number of rotatable bonds is 4. The average Bonchev–Trinajstić information content (AvgIpc) is 2.68. The number of carboxylic acid groups (broad SMARTS) is 1. The summed E-state index contributed by atoms with van der Waals surface area (Å²) in [7, 11) is -3.56. The third kappa shape index (κ3) is 3.76. The smallest absolute Gasteiger partial charge is 0.307 e. The molecule has 2 atom stereocenters. The van der Waals surface area contributed by atoms with E-state index < -0.39 is 27.8 Å². The Labute approximate surface area is 153 Å². The van der Waals surface area contributed by atoms with Gasteiger partial charge < -0.3 is 10.0 Å². The number of benzene rings is 1. The number of hydrogen-bond donors (Lipinski definition) is 1. The van der Waals surface area contributed by atoms with E-state index in [1.165, 1.54) is 4.31 Å². The molecule has 0 radical (unpaired) electrons. The van der Waals surface area contributed by atoms with E-state index in [-0.39, 0.29) is 23.9 Å². The Bertz CT molecular complexity index is 757. The van der Waals surface area contributed by atoms with E-state index in [0.717, 1.165) is 12.8 Å². The van der Waals surface area contributed by atoms with Gasteiger partial charge in [-0.1, -0.05) is 31.0 Å². The molecule has 0 spiro atoms. The van der Waals surface area contributed by atoms with Crippen molar-refractivity contribution >= 4 is 21.9 Å². The number of carbonyl (C=O) groups is 2. The quantitative estimate of drug-likeness (QED) is 0.852. The second kappa shape index (κ2) is 7.75. The first kappa shape index (κ1) is 18.8. The van der Waals surface area contributed by atoms with E-state index in [4.69, 9.17) is 0 Å². The van der Waals surface area contributed by atoms with Gasteiger partial charge >= 0.3 is 5.97 Å². The van der Waals surface area contributed by atoms with Gasteiger partial charge in [0.05, 0.1) is 16.7 Å². The summed E-state index contributed by atoms with van der Waals surface area (Å²) in [6.07, 6.45) is 2.83. The molecule has 3 rings (SSSR count). The van der Waals surface area contributed by atoms with Crippen LogP contribution in [0.3, 0.4) is 0 Å². The summed E-state index contributed by atoms with van der Waals surface area (Å²) in [4.78, 5) is 26.1. The summed E-state index contributed by atoms with van der Waals surface area (Å²) in [5.74, 6) is -2.16. The van der Waals surface area contributed by atoms with Crippen LogP contribution in [0.4, 0.5) is 0 Å². The molecule has 1 heterocycles. The Hall–Kier alpha value is -1.93. The normalized spacial score (nSPS) is 25.0. The molecular formula is C18H24N2O5S. The Balaban J connectivity index is 1.65. The van der Waals surface area contributed by atoms with E-state index in [0.29, 0.717) is 25.9 Å². The van der Waals surface area contributed by atoms with Crippen LogP contribution in [0.2, 0.25) is 0 Å². The van der Waals surface area contributed by atoms with Gasteiger partial charge in [0.15, 0.2) is 0 Å². The molecule has 1 aliphatic carbocycles. The van der Waals surface area contributed by atoms with E-state index in [1.54, 1.807) is 35.2 Å². The fraction of sp³-hybridized carbons (Fsp3) is 0.556. The largest absolute Gasteiger partial charge is 0.481 e. The minimum atomic E-state index is -3.56. The maximum Gasteiger partial charge on any atom is 0.307 e. The van der Waals surface area contributed by atoms with Gasteiger partial charge in [-0.2, -0.15) is 4.31 Å². The van der Waals surface area contributed by atoms with Crippen LogP contribution < -0.4 is 0 Å². The topological polar surface area (TPSA) is 95.0 Å². The van der Waals surface area contributed by atoms with Crippen LogP contribution in [0.15, 0.2) is 35.2 Å². The Morgan fingerprint density at radius 2 is 1.50 bits per heavy atom. The second-order valence-corrected chi connectivity index (χ2v) is 8.82. The maximum atomic E-state index is 12.8.